The molecule has 2 unspecified atom stereocenters. The van der Waals surface area contributed by atoms with Crippen LogP contribution in [0.1, 0.15) is 39.5 Å². The Morgan fingerprint density at radius 3 is 2.52 bits per heavy atom. The summed E-state index contributed by atoms with van der Waals surface area (Å²) in [5.41, 5.74) is 0. The number of piperidine rings is 1. The zero-order valence-electron chi connectivity index (χ0n) is 14.4. The molecule has 1 aromatic carbocycles. The molecule has 1 aromatic rings. The highest BCUT2D eigenvalue weighted by Crippen LogP contribution is 2.27. The summed E-state index contributed by atoms with van der Waals surface area (Å²) >= 11 is 0. The summed E-state index contributed by atoms with van der Waals surface area (Å²) in [5, 5.41) is -0.453. The zero-order chi connectivity index (χ0) is 16.9. The van der Waals surface area contributed by atoms with Gasteiger partial charge in [-0.25, -0.2) is 8.42 Å². The number of benzene rings is 1. The summed E-state index contributed by atoms with van der Waals surface area (Å²) < 4.78 is 31.8. The van der Waals surface area contributed by atoms with Gasteiger partial charge in [0.1, 0.15) is 5.37 Å². The quantitative estimate of drug-likeness (QED) is 0.764. The number of sulfone groups is 1. The molecule has 2 rings (SSSR count). The average Bonchev–Trinajstić information content (AvgIpc) is 2.55. The first-order chi connectivity index (χ1) is 10.9. The first-order valence-electron chi connectivity index (χ1n) is 8.51. The fraction of sp³-hybridized carbons (Fsp3) is 0.667. The molecule has 5 heteroatoms. The van der Waals surface area contributed by atoms with E-state index in [1.807, 2.05) is 6.07 Å². The Balaban J connectivity index is 2.26. The molecule has 4 nitrogen and oxygen atoms in total. The van der Waals surface area contributed by atoms with Crippen molar-refractivity contribution in [3.05, 3.63) is 30.3 Å². The normalized spacial score (nSPS) is 21.5. The predicted molar refractivity (Wildman–Crippen MR) is 93.1 cm³/mol. The second kappa shape index (κ2) is 8.27. The Hall–Kier alpha value is -0.910. The highest BCUT2D eigenvalue weighted by Gasteiger charge is 2.35. The van der Waals surface area contributed by atoms with Crippen molar-refractivity contribution in [2.45, 2.75) is 55.9 Å². The van der Waals surface area contributed by atoms with Crippen molar-refractivity contribution in [2.24, 2.45) is 5.92 Å². The molecule has 0 radical (unpaired) electrons. The number of hydrogen-bond donors (Lipinski definition) is 0. The maximum Gasteiger partial charge on any atom is 0.194 e. The average molecular weight is 340 g/mol. The molecule has 1 aliphatic rings. The number of methoxy groups -OCH3 is 1. The van der Waals surface area contributed by atoms with Crippen LogP contribution in [0.25, 0.3) is 0 Å². The maximum absolute atomic E-state index is 13.2. The van der Waals surface area contributed by atoms with Crippen LogP contribution < -0.4 is 0 Å². The maximum atomic E-state index is 13.2. The van der Waals surface area contributed by atoms with Gasteiger partial charge in [0.25, 0.3) is 0 Å². The minimum absolute atomic E-state index is 0.135. The molecule has 0 aliphatic carbocycles. The van der Waals surface area contributed by atoms with Crippen LogP contribution in [0.3, 0.4) is 0 Å². The van der Waals surface area contributed by atoms with E-state index in [0.717, 1.165) is 25.8 Å². The lowest BCUT2D eigenvalue weighted by Crippen LogP contribution is -2.48. The minimum Gasteiger partial charge on any atom is -0.380 e. The van der Waals surface area contributed by atoms with E-state index < -0.39 is 15.2 Å². The van der Waals surface area contributed by atoms with Crippen molar-refractivity contribution in [3.8, 4) is 0 Å². The van der Waals surface area contributed by atoms with Crippen molar-refractivity contribution in [3.63, 3.8) is 0 Å². The Morgan fingerprint density at radius 1 is 1.22 bits per heavy atom. The third kappa shape index (κ3) is 4.78. The fourth-order valence-corrected chi connectivity index (χ4v) is 5.08. The first kappa shape index (κ1) is 18.4. The van der Waals surface area contributed by atoms with Crippen LogP contribution in [0.2, 0.25) is 0 Å². The van der Waals surface area contributed by atoms with Crippen molar-refractivity contribution < 1.29 is 13.2 Å². The number of nitrogens with zero attached hydrogens (tertiary/aromatic N) is 1. The molecule has 1 aliphatic heterocycles. The van der Waals surface area contributed by atoms with E-state index in [9.17, 15) is 8.42 Å². The van der Waals surface area contributed by atoms with Crippen LogP contribution in [0.4, 0.5) is 0 Å². The predicted octanol–water partition coefficient (Wildman–Crippen LogP) is 3.33. The van der Waals surface area contributed by atoms with Gasteiger partial charge in [-0.3, -0.25) is 4.90 Å². The lowest BCUT2D eigenvalue weighted by Gasteiger charge is -2.37. The second-order valence-electron chi connectivity index (χ2n) is 6.78. The van der Waals surface area contributed by atoms with Crippen LogP contribution >= 0.6 is 0 Å². The largest absolute Gasteiger partial charge is 0.380 e. The Bertz CT molecular complexity index is 571. The van der Waals surface area contributed by atoms with Crippen LogP contribution in [0, 0.1) is 5.92 Å². The Morgan fingerprint density at radius 2 is 1.91 bits per heavy atom. The summed E-state index contributed by atoms with van der Waals surface area (Å²) in [6, 6.07) is 8.84. The summed E-state index contributed by atoms with van der Waals surface area (Å²) in [6.45, 7) is 5.81. The smallest absolute Gasteiger partial charge is 0.194 e. The van der Waals surface area contributed by atoms with E-state index in [1.165, 1.54) is 0 Å². The Kier molecular flexibility index (Phi) is 6.62. The monoisotopic (exact) mass is 339 g/mol. The topological polar surface area (TPSA) is 46.6 Å². The van der Waals surface area contributed by atoms with Gasteiger partial charge in [-0.1, -0.05) is 32.0 Å². The van der Waals surface area contributed by atoms with E-state index in [4.69, 9.17) is 4.74 Å². The lowest BCUT2D eigenvalue weighted by molar-refractivity contribution is 0.0246. The number of rotatable bonds is 7. The van der Waals surface area contributed by atoms with Gasteiger partial charge in [-0.05, 0) is 50.3 Å². The molecule has 130 valence electrons. The molecule has 2 atom stereocenters. The van der Waals surface area contributed by atoms with Crippen molar-refractivity contribution >= 4 is 9.84 Å². The van der Waals surface area contributed by atoms with Gasteiger partial charge in [0.15, 0.2) is 9.84 Å². The number of hydrogen-bond acceptors (Lipinski definition) is 4. The lowest BCUT2D eigenvalue weighted by atomic mass is 10.1. The summed E-state index contributed by atoms with van der Waals surface area (Å²) in [7, 11) is -1.65. The van der Waals surface area contributed by atoms with E-state index >= 15 is 0 Å². The van der Waals surface area contributed by atoms with Crippen LogP contribution in [-0.4, -0.2) is 45.0 Å². The van der Waals surface area contributed by atoms with Crippen LogP contribution in [-0.2, 0) is 14.6 Å². The van der Waals surface area contributed by atoms with Gasteiger partial charge in [-0.2, -0.15) is 0 Å². The molecular weight excluding hydrogens is 310 g/mol. The second-order valence-corrected chi connectivity index (χ2v) is 8.88. The molecule has 0 bridgehead atoms. The SMILES string of the molecule is COC1CCCN(C(CCC(C)C)S(=O)(=O)c2ccccc2)C1. The highest BCUT2D eigenvalue weighted by atomic mass is 32.2. The molecule has 23 heavy (non-hydrogen) atoms. The standard InChI is InChI=1S/C18H29NO3S/c1-15(2)11-12-18(19-13-7-8-16(14-19)22-3)23(20,21)17-9-5-4-6-10-17/h4-6,9-10,15-16,18H,7-8,11-14H2,1-3H3. The van der Waals surface area contributed by atoms with Crippen LogP contribution in [0.5, 0.6) is 0 Å². The van der Waals surface area contributed by atoms with E-state index in [1.54, 1.807) is 31.4 Å². The van der Waals surface area contributed by atoms with Crippen molar-refractivity contribution in [1.82, 2.24) is 4.90 Å². The van der Waals surface area contributed by atoms with Gasteiger partial charge >= 0.3 is 0 Å². The molecule has 0 N–H and O–H groups in total. The summed E-state index contributed by atoms with van der Waals surface area (Å²) in [6.07, 6.45) is 3.71. The molecule has 0 aromatic heterocycles. The molecule has 1 heterocycles. The molecule has 1 saturated heterocycles. The molecular formula is C18H29NO3S. The molecule has 1 fully saturated rings. The highest BCUT2D eigenvalue weighted by molar-refractivity contribution is 7.92. The summed E-state index contributed by atoms with van der Waals surface area (Å²) in [5.74, 6) is 0.492. The van der Waals surface area contributed by atoms with Gasteiger partial charge in [0.2, 0.25) is 0 Å². The van der Waals surface area contributed by atoms with E-state index in [2.05, 4.69) is 18.7 Å². The third-order valence-corrected chi connectivity index (χ3v) is 6.75. The Labute approximate surface area is 140 Å². The van der Waals surface area contributed by atoms with Crippen molar-refractivity contribution in [2.75, 3.05) is 20.2 Å². The number of likely N-dealkylation sites (tertiary alicyclic amines) is 1. The fourth-order valence-electron chi connectivity index (χ4n) is 3.20. The molecule has 0 spiro atoms. The van der Waals surface area contributed by atoms with E-state index in [0.29, 0.717) is 23.8 Å². The minimum atomic E-state index is -3.36. The summed E-state index contributed by atoms with van der Waals surface area (Å²) in [4.78, 5) is 2.54. The van der Waals surface area contributed by atoms with E-state index in [-0.39, 0.29) is 6.10 Å². The number of ether oxygens (including phenoxy) is 1. The molecule has 0 amide bonds. The first-order valence-corrected chi connectivity index (χ1v) is 10.1. The van der Waals surface area contributed by atoms with Gasteiger partial charge < -0.3 is 4.74 Å². The van der Waals surface area contributed by atoms with Crippen LogP contribution in [0.15, 0.2) is 35.2 Å². The zero-order valence-corrected chi connectivity index (χ0v) is 15.3. The van der Waals surface area contributed by atoms with Gasteiger partial charge in [0, 0.05) is 13.7 Å². The molecule has 0 saturated carbocycles. The van der Waals surface area contributed by atoms with Crippen molar-refractivity contribution in [1.29, 1.82) is 0 Å². The van der Waals surface area contributed by atoms with Gasteiger partial charge in [0.05, 0.1) is 11.0 Å². The third-order valence-electron chi connectivity index (χ3n) is 4.57. The van der Waals surface area contributed by atoms with Gasteiger partial charge in [-0.15, -0.1) is 0 Å².